The van der Waals surface area contributed by atoms with E-state index >= 15 is 0 Å². The van der Waals surface area contributed by atoms with Gasteiger partial charge in [0, 0.05) is 10.9 Å². The lowest BCUT2D eigenvalue weighted by Crippen LogP contribution is -2.26. The third-order valence-electron chi connectivity index (χ3n) is 2.55. The van der Waals surface area contributed by atoms with E-state index in [0.717, 1.165) is 0 Å². The number of aromatic amines is 1. The molecular formula is C11H9F2NO2. The van der Waals surface area contributed by atoms with Crippen LogP contribution < -0.4 is 0 Å². The van der Waals surface area contributed by atoms with Gasteiger partial charge in [0.05, 0.1) is 0 Å². The number of carboxylic acids is 1. The Morgan fingerprint density at radius 3 is 2.56 bits per heavy atom. The average Bonchev–Trinajstić information content (AvgIpc) is 2.57. The predicted octanol–water partition coefficient (Wildman–Crippen LogP) is 2.65. The van der Waals surface area contributed by atoms with E-state index in [0.29, 0.717) is 10.9 Å². The molecule has 0 saturated heterocycles. The summed E-state index contributed by atoms with van der Waals surface area (Å²) >= 11 is 0. The summed E-state index contributed by atoms with van der Waals surface area (Å²) in [5.74, 6) is -6.04. The molecule has 0 fully saturated rings. The summed E-state index contributed by atoms with van der Waals surface area (Å²) in [6.45, 7) is 1.48. The van der Waals surface area contributed by atoms with Gasteiger partial charge >= 0.3 is 11.9 Å². The molecule has 0 aliphatic rings. The number of aryl methyl sites for hydroxylation is 1. The van der Waals surface area contributed by atoms with Gasteiger partial charge in [0.25, 0.3) is 0 Å². The molecule has 84 valence electrons. The molecule has 5 heteroatoms. The van der Waals surface area contributed by atoms with Gasteiger partial charge in [-0.15, -0.1) is 0 Å². The molecule has 0 aliphatic heterocycles. The predicted molar refractivity (Wildman–Crippen MR) is 54.6 cm³/mol. The van der Waals surface area contributed by atoms with Crippen LogP contribution >= 0.6 is 0 Å². The number of alkyl halides is 2. The fourth-order valence-corrected chi connectivity index (χ4v) is 1.70. The Labute approximate surface area is 89.7 Å². The highest BCUT2D eigenvalue weighted by molar-refractivity contribution is 5.87. The lowest BCUT2D eigenvalue weighted by molar-refractivity contribution is -0.166. The number of benzene rings is 1. The van der Waals surface area contributed by atoms with Crippen molar-refractivity contribution < 1.29 is 18.7 Å². The molecule has 1 heterocycles. The van der Waals surface area contributed by atoms with Crippen LogP contribution in [0.3, 0.4) is 0 Å². The van der Waals surface area contributed by atoms with Crippen LogP contribution in [0.4, 0.5) is 8.78 Å². The van der Waals surface area contributed by atoms with Crippen molar-refractivity contribution in [1.29, 1.82) is 0 Å². The van der Waals surface area contributed by atoms with Crippen molar-refractivity contribution in [3.05, 3.63) is 35.5 Å². The van der Waals surface area contributed by atoms with E-state index in [9.17, 15) is 13.6 Å². The molecule has 2 N–H and O–H groups in total. The first kappa shape index (κ1) is 10.6. The summed E-state index contributed by atoms with van der Waals surface area (Å²) in [5.41, 5.74) is 0.222. The molecule has 1 aromatic heterocycles. The van der Waals surface area contributed by atoms with Crippen LogP contribution in [-0.2, 0) is 10.7 Å². The zero-order valence-electron chi connectivity index (χ0n) is 8.42. The molecule has 2 aromatic rings. The Kier molecular flexibility index (Phi) is 2.18. The second kappa shape index (κ2) is 3.30. The molecule has 3 nitrogen and oxygen atoms in total. The Hall–Kier alpha value is -1.91. The van der Waals surface area contributed by atoms with Crippen molar-refractivity contribution >= 4 is 16.9 Å². The summed E-state index contributed by atoms with van der Waals surface area (Å²) in [5, 5.41) is 9.08. The molecule has 0 atom stereocenters. The van der Waals surface area contributed by atoms with E-state index in [-0.39, 0.29) is 5.56 Å². The van der Waals surface area contributed by atoms with E-state index in [1.807, 2.05) is 0 Å². The average molecular weight is 225 g/mol. The molecule has 1 aromatic carbocycles. The zero-order valence-corrected chi connectivity index (χ0v) is 8.42. The molecule has 0 radical (unpaired) electrons. The second-order valence-corrected chi connectivity index (χ2v) is 3.55. The van der Waals surface area contributed by atoms with Gasteiger partial charge in [-0.3, -0.25) is 0 Å². The fourth-order valence-electron chi connectivity index (χ4n) is 1.70. The van der Waals surface area contributed by atoms with Gasteiger partial charge in [0.1, 0.15) is 5.69 Å². The van der Waals surface area contributed by atoms with E-state index < -0.39 is 17.6 Å². The number of hydrogen-bond donors (Lipinski definition) is 2. The summed E-state index contributed by atoms with van der Waals surface area (Å²) in [4.78, 5) is 12.9. The van der Waals surface area contributed by atoms with Crippen molar-refractivity contribution in [2.45, 2.75) is 12.8 Å². The van der Waals surface area contributed by atoms with E-state index in [1.165, 1.54) is 6.92 Å². The van der Waals surface area contributed by atoms with Crippen LogP contribution in [0.15, 0.2) is 24.3 Å². The first-order valence-corrected chi connectivity index (χ1v) is 4.63. The molecule has 0 amide bonds. The number of H-pyrrole nitrogens is 1. The Balaban J connectivity index is 2.71. The minimum atomic E-state index is -3.89. The maximum atomic E-state index is 13.3. The standard InChI is InChI=1S/C11H9F2NO2/c1-6-7-4-2-3-5-8(7)14-9(6)11(12,13)10(15)16/h2-5,14H,1H3,(H,15,16). The number of para-hydroxylation sites is 1. The largest absolute Gasteiger partial charge is 0.476 e. The highest BCUT2D eigenvalue weighted by Gasteiger charge is 2.44. The SMILES string of the molecule is Cc1c(C(F)(F)C(=O)O)[nH]c2ccccc12. The Bertz CT molecular complexity index is 560. The van der Waals surface area contributed by atoms with Crippen LogP contribution in [0, 0.1) is 6.92 Å². The van der Waals surface area contributed by atoms with Gasteiger partial charge in [-0.05, 0) is 18.6 Å². The number of halogens is 2. The highest BCUT2D eigenvalue weighted by Crippen LogP contribution is 2.33. The van der Waals surface area contributed by atoms with Crippen LogP contribution in [0.25, 0.3) is 10.9 Å². The third-order valence-corrected chi connectivity index (χ3v) is 2.55. The molecule has 0 aliphatic carbocycles. The van der Waals surface area contributed by atoms with Crippen LogP contribution in [0.5, 0.6) is 0 Å². The molecule has 0 saturated carbocycles. The van der Waals surface area contributed by atoms with Crippen LogP contribution in [-0.4, -0.2) is 16.1 Å². The van der Waals surface area contributed by atoms with E-state index in [1.54, 1.807) is 24.3 Å². The Morgan fingerprint density at radius 1 is 1.38 bits per heavy atom. The smallest absolute Gasteiger partial charge is 0.382 e. The maximum Gasteiger partial charge on any atom is 0.382 e. The number of carbonyl (C=O) groups is 1. The third kappa shape index (κ3) is 1.36. The van der Waals surface area contributed by atoms with Crippen LogP contribution in [0.1, 0.15) is 11.3 Å². The number of carboxylic acid groups (broad SMARTS) is 1. The van der Waals surface area contributed by atoms with Gasteiger partial charge in [0.2, 0.25) is 0 Å². The van der Waals surface area contributed by atoms with Crippen molar-refractivity contribution in [3.63, 3.8) is 0 Å². The molecule has 0 spiro atoms. The van der Waals surface area contributed by atoms with Crippen molar-refractivity contribution in [1.82, 2.24) is 4.98 Å². The second-order valence-electron chi connectivity index (χ2n) is 3.55. The minimum Gasteiger partial charge on any atom is -0.476 e. The van der Waals surface area contributed by atoms with Gasteiger partial charge in [-0.2, -0.15) is 8.78 Å². The Morgan fingerprint density at radius 2 is 2.00 bits per heavy atom. The lowest BCUT2D eigenvalue weighted by atomic mass is 10.1. The highest BCUT2D eigenvalue weighted by atomic mass is 19.3. The van der Waals surface area contributed by atoms with Crippen molar-refractivity contribution in [3.8, 4) is 0 Å². The lowest BCUT2D eigenvalue weighted by Gasteiger charge is -2.10. The van der Waals surface area contributed by atoms with Gasteiger partial charge in [-0.1, -0.05) is 18.2 Å². The monoisotopic (exact) mass is 225 g/mol. The normalized spacial score (nSPS) is 11.9. The van der Waals surface area contributed by atoms with Gasteiger partial charge < -0.3 is 10.1 Å². The number of rotatable bonds is 2. The number of hydrogen-bond acceptors (Lipinski definition) is 1. The van der Waals surface area contributed by atoms with Gasteiger partial charge in [-0.25, -0.2) is 4.79 Å². The maximum absolute atomic E-state index is 13.3. The number of fused-ring (bicyclic) bond motifs is 1. The fraction of sp³-hybridized carbons (Fsp3) is 0.182. The van der Waals surface area contributed by atoms with E-state index in [4.69, 9.17) is 5.11 Å². The number of nitrogens with one attached hydrogen (secondary N) is 1. The summed E-state index contributed by atoms with van der Waals surface area (Å²) in [6, 6.07) is 6.71. The topological polar surface area (TPSA) is 53.1 Å². The molecule has 0 unspecified atom stereocenters. The summed E-state index contributed by atoms with van der Waals surface area (Å²) in [7, 11) is 0. The zero-order chi connectivity index (χ0) is 11.9. The molecular weight excluding hydrogens is 216 g/mol. The summed E-state index contributed by atoms with van der Waals surface area (Å²) in [6.07, 6.45) is 0. The van der Waals surface area contributed by atoms with Crippen molar-refractivity contribution in [2.75, 3.05) is 0 Å². The first-order chi connectivity index (χ1) is 7.44. The first-order valence-electron chi connectivity index (χ1n) is 4.63. The molecule has 0 bridgehead atoms. The molecule has 16 heavy (non-hydrogen) atoms. The van der Waals surface area contributed by atoms with Crippen LogP contribution in [0.2, 0.25) is 0 Å². The van der Waals surface area contributed by atoms with Gasteiger partial charge in [0.15, 0.2) is 0 Å². The quantitative estimate of drug-likeness (QED) is 0.825. The number of aliphatic carboxylic acids is 1. The van der Waals surface area contributed by atoms with E-state index in [2.05, 4.69) is 4.98 Å². The van der Waals surface area contributed by atoms with Crippen molar-refractivity contribution in [2.24, 2.45) is 0 Å². The number of aromatic nitrogens is 1. The molecule has 2 rings (SSSR count). The summed E-state index contributed by atoms with van der Waals surface area (Å²) < 4.78 is 26.7. The minimum absolute atomic E-state index is 0.267.